The number of aliphatic hydroxyl groups excluding tert-OH is 1. The van der Waals surface area contributed by atoms with Crippen molar-refractivity contribution in [2.45, 2.75) is 13.0 Å². The number of aromatic nitrogens is 2. The summed E-state index contributed by atoms with van der Waals surface area (Å²) in [6.45, 7) is 2.05. The molecule has 2 rings (SSSR count). The lowest BCUT2D eigenvalue weighted by Crippen LogP contribution is -2.16. The molecule has 0 aliphatic heterocycles. The van der Waals surface area contributed by atoms with Crippen LogP contribution in [0.5, 0.6) is 0 Å². The van der Waals surface area contributed by atoms with Crippen LogP contribution in [0.15, 0.2) is 29.8 Å². The SMILES string of the molecule is OCCCSCCNCc1csc(-c2ccccn2)n1. The smallest absolute Gasteiger partial charge is 0.142 e. The van der Waals surface area contributed by atoms with E-state index in [2.05, 4.69) is 20.7 Å². The second-order valence-electron chi connectivity index (χ2n) is 4.23. The Bertz CT molecular complexity index is 490. The summed E-state index contributed by atoms with van der Waals surface area (Å²) >= 11 is 3.50. The van der Waals surface area contributed by atoms with Gasteiger partial charge in [-0.2, -0.15) is 11.8 Å². The number of aliphatic hydroxyl groups is 1. The molecule has 108 valence electrons. The minimum absolute atomic E-state index is 0.287. The molecule has 0 amide bonds. The van der Waals surface area contributed by atoms with Crippen LogP contribution in [0.3, 0.4) is 0 Å². The van der Waals surface area contributed by atoms with E-state index in [0.717, 1.165) is 47.4 Å². The van der Waals surface area contributed by atoms with Gasteiger partial charge in [0, 0.05) is 37.0 Å². The number of pyridine rings is 1. The van der Waals surface area contributed by atoms with Crippen molar-refractivity contribution >= 4 is 23.1 Å². The number of hydrogen-bond acceptors (Lipinski definition) is 6. The summed E-state index contributed by atoms with van der Waals surface area (Å²) in [5, 5.41) is 15.1. The minimum Gasteiger partial charge on any atom is -0.396 e. The van der Waals surface area contributed by atoms with Gasteiger partial charge >= 0.3 is 0 Å². The van der Waals surface area contributed by atoms with Gasteiger partial charge in [-0.25, -0.2) is 4.98 Å². The second-order valence-corrected chi connectivity index (χ2v) is 6.31. The lowest BCUT2D eigenvalue weighted by atomic mass is 10.4. The maximum atomic E-state index is 8.67. The lowest BCUT2D eigenvalue weighted by molar-refractivity contribution is 0.296. The fourth-order valence-electron chi connectivity index (χ4n) is 1.62. The Labute approximate surface area is 127 Å². The summed E-state index contributed by atoms with van der Waals surface area (Å²) in [4.78, 5) is 8.89. The zero-order valence-corrected chi connectivity index (χ0v) is 12.9. The maximum absolute atomic E-state index is 8.67. The van der Waals surface area contributed by atoms with E-state index in [4.69, 9.17) is 5.11 Å². The summed E-state index contributed by atoms with van der Waals surface area (Å²) in [5.41, 5.74) is 2.00. The van der Waals surface area contributed by atoms with Crippen molar-refractivity contribution in [2.24, 2.45) is 0 Å². The molecule has 4 nitrogen and oxygen atoms in total. The van der Waals surface area contributed by atoms with Crippen molar-refractivity contribution in [1.29, 1.82) is 0 Å². The van der Waals surface area contributed by atoms with Gasteiger partial charge in [0.15, 0.2) is 0 Å². The first-order chi connectivity index (χ1) is 9.90. The van der Waals surface area contributed by atoms with Crippen LogP contribution in [0.2, 0.25) is 0 Å². The quantitative estimate of drug-likeness (QED) is 0.697. The first-order valence-corrected chi connectivity index (χ1v) is 8.68. The normalized spacial score (nSPS) is 10.8. The van der Waals surface area contributed by atoms with E-state index in [0.29, 0.717) is 0 Å². The van der Waals surface area contributed by atoms with Crippen LogP contribution in [-0.4, -0.2) is 39.7 Å². The number of nitrogens with zero attached hydrogens (tertiary/aromatic N) is 2. The van der Waals surface area contributed by atoms with Crippen LogP contribution in [-0.2, 0) is 6.54 Å². The first-order valence-electron chi connectivity index (χ1n) is 6.65. The van der Waals surface area contributed by atoms with E-state index in [9.17, 15) is 0 Å². The largest absolute Gasteiger partial charge is 0.396 e. The minimum atomic E-state index is 0.287. The molecule has 0 fully saturated rings. The molecule has 0 aliphatic rings. The molecule has 0 spiro atoms. The van der Waals surface area contributed by atoms with Gasteiger partial charge in [-0.05, 0) is 24.3 Å². The summed E-state index contributed by atoms with van der Waals surface area (Å²) in [6.07, 6.45) is 2.67. The number of hydrogen-bond donors (Lipinski definition) is 2. The van der Waals surface area contributed by atoms with Crippen LogP contribution in [0.4, 0.5) is 0 Å². The fraction of sp³-hybridized carbons (Fsp3) is 0.429. The fourth-order valence-corrected chi connectivity index (χ4v) is 3.25. The van der Waals surface area contributed by atoms with Gasteiger partial charge < -0.3 is 10.4 Å². The van der Waals surface area contributed by atoms with Gasteiger partial charge in [0.2, 0.25) is 0 Å². The molecular formula is C14H19N3OS2. The maximum Gasteiger partial charge on any atom is 0.142 e. The molecule has 0 bridgehead atoms. The predicted octanol–water partition coefficient (Wildman–Crippen LogP) is 2.41. The molecule has 2 aromatic rings. The highest BCUT2D eigenvalue weighted by molar-refractivity contribution is 7.99. The monoisotopic (exact) mass is 309 g/mol. The van der Waals surface area contributed by atoms with Gasteiger partial charge in [0.25, 0.3) is 0 Å². The Kier molecular flexibility index (Phi) is 7.00. The highest BCUT2D eigenvalue weighted by Gasteiger charge is 2.04. The Hall–Kier alpha value is -0.950. The molecule has 2 heterocycles. The van der Waals surface area contributed by atoms with Gasteiger partial charge in [0.1, 0.15) is 5.01 Å². The van der Waals surface area contributed by atoms with Gasteiger partial charge in [-0.15, -0.1) is 11.3 Å². The number of thioether (sulfide) groups is 1. The molecule has 20 heavy (non-hydrogen) atoms. The van der Waals surface area contributed by atoms with E-state index >= 15 is 0 Å². The number of thiazole rings is 1. The Morgan fingerprint density at radius 1 is 1.30 bits per heavy atom. The third kappa shape index (κ3) is 5.20. The number of rotatable bonds is 9. The van der Waals surface area contributed by atoms with Crippen LogP contribution >= 0.6 is 23.1 Å². The molecule has 0 aromatic carbocycles. The topological polar surface area (TPSA) is 58.0 Å². The summed E-state index contributed by atoms with van der Waals surface area (Å²) in [5.74, 6) is 2.09. The molecule has 2 N–H and O–H groups in total. The van der Waals surface area contributed by atoms with Crippen molar-refractivity contribution in [1.82, 2.24) is 15.3 Å². The van der Waals surface area contributed by atoms with E-state index in [1.807, 2.05) is 30.0 Å². The van der Waals surface area contributed by atoms with Crippen LogP contribution in [0, 0.1) is 0 Å². The summed E-state index contributed by atoms with van der Waals surface area (Å²) in [7, 11) is 0. The molecule has 2 aromatic heterocycles. The van der Waals surface area contributed by atoms with Crippen LogP contribution in [0.1, 0.15) is 12.1 Å². The van der Waals surface area contributed by atoms with Gasteiger partial charge in [-0.1, -0.05) is 6.07 Å². The third-order valence-electron chi connectivity index (χ3n) is 2.61. The average Bonchev–Trinajstić information content (AvgIpc) is 2.96. The highest BCUT2D eigenvalue weighted by Crippen LogP contribution is 2.21. The molecule has 0 saturated carbocycles. The molecule has 6 heteroatoms. The Balaban J connectivity index is 1.69. The first kappa shape index (κ1) is 15.4. The molecule has 0 radical (unpaired) electrons. The van der Waals surface area contributed by atoms with E-state index in [-0.39, 0.29) is 6.61 Å². The van der Waals surface area contributed by atoms with E-state index in [1.165, 1.54) is 0 Å². The standard InChI is InChI=1S/C14H19N3OS2/c18-7-3-8-19-9-6-15-10-12-11-20-14(17-12)13-4-1-2-5-16-13/h1-2,4-5,11,15,18H,3,6-10H2. The number of nitrogens with one attached hydrogen (secondary N) is 1. The molecule has 0 unspecified atom stereocenters. The molecule has 0 atom stereocenters. The second kappa shape index (κ2) is 9.07. The molecule has 0 saturated heterocycles. The average molecular weight is 309 g/mol. The van der Waals surface area contributed by atoms with Crippen LogP contribution < -0.4 is 5.32 Å². The van der Waals surface area contributed by atoms with Crippen molar-refractivity contribution in [2.75, 3.05) is 24.7 Å². The third-order valence-corrected chi connectivity index (χ3v) is 4.60. The van der Waals surface area contributed by atoms with Crippen molar-refractivity contribution in [3.05, 3.63) is 35.5 Å². The Morgan fingerprint density at radius 2 is 2.25 bits per heavy atom. The lowest BCUT2D eigenvalue weighted by Gasteiger charge is -2.02. The van der Waals surface area contributed by atoms with Gasteiger partial charge in [-0.3, -0.25) is 4.98 Å². The zero-order chi connectivity index (χ0) is 14.0. The van der Waals surface area contributed by atoms with Crippen LogP contribution in [0.25, 0.3) is 10.7 Å². The van der Waals surface area contributed by atoms with Crippen molar-refractivity contribution in [3.8, 4) is 10.7 Å². The molecular weight excluding hydrogens is 290 g/mol. The van der Waals surface area contributed by atoms with E-state index in [1.54, 1.807) is 17.5 Å². The predicted molar refractivity (Wildman–Crippen MR) is 86.1 cm³/mol. The van der Waals surface area contributed by atoms with Crippen molar-refractivity contribution < 1.29 is 5.11 Å². The summed E-state index contributed by atoms with van der Waals surface area (Å²) in [6, 6.07) is 5.87. The van der Waals surface area contributed by atoms with E-state index < -0.39 is 0 Å². The van der Waals surface area contributed by atoms with Gasteiger partial charge in [0.05, 0.1) is 11.4 Å². The van der Waals surface area contributed by atoms with Crippen molar-refractivity contribution in [3.63, 3.8) is 0 Å². The highest BCUT2D eigenvalue weighted by atomic mass is 32.2. The Morgan fingerprint density at radius 3 is 3.05 bits per heavy atom. The zero-order valence-electron chi connectivity index (χ0n) is 11.3. The molecule has 0 aliphatic carbocycles. The summed E-state index contributed by atoms with van der Waals surface area (Å²) < 4.78 is 0.